The number of benzene rings is 1. The Labute approximate surface area is 335 Å². The molecule has 0 aliphatic rings. The molecule has 19 heteroatoms. The Hall–Kier alpha value is -3.66. The number of nitrogens with two attached hydrogens (primary N) is 1. The number of amides is 3. The second-order valence-corrected chi connectivity index (χ2v) is 15.3. The van der Waals surface area contributed by atoms with Crippen LogP contribution in [-0.2, 0) is 44.7 Å². The average Bonchev–Trinajstić information content (AvgIpc) is 3.13. The van der Waals surface area contributed by atoms with Crippen molar-refractivity contribution in [3.63, 3.8) is 0 Å². The van der Waals surface area contributed by atoms with Crippen molar-refractivity contribution in [1.82, 2.24) is 21.4 Å². The van der Waals surface area contributed by atoms with E-state index in [0.29, 0.717) is 44.0 Å². The van der Waals surface area contributed by atoms with Crippen molar-refractivity contribution >= 4 is 23.7 Å². The van der Waals surface area contributed by atoms with Crippen LogP contribution in [0.2, 0.25) is 0 Å². The van der Waals surface area contributed by atoms with Crippen molar-refractivity contribution in [3.8, 4) is 11.5 Å². The Morgan fingerprint density at radius 2 is 1.46 bits per heavy atom. The fourth-order valence-corrected chi connectivity index (χ4v) is 5.87. The van der Waals surface area contributed by atoms with Gasteiger partial charge in [-0.3, -0.25) is 49.7 Å². The summed E-state index contributed by atoms with van der Waals surface area (Å²) in [5, 5.41) is 40.5. The summed E-state index contributed by atoms with van der Waals surface area (Å²) in [6, 6.07) is 4.85. The van der Waals surface area contributed by atoms with E-state index in [0.717, 1.165) is 5.56 Å². The lowest BCUT2D eigenvalue weighted by molar-refractivity contribution is -0.492. The van der Waals surface area contributed by atoms with Gasteiger partial charge in [-0.15, -0.1) is 0 Å². The van der Waals surface area contributed by atoms with Gasteiger partial charge < -0.3 is 35.3 Å². The number of nitrogens with zero attached hydrogens (tertiary/aromatic N) is 2. The minimum absolute atomic E-state index is 0.00530. The summed E-state index contributed by atoms with van der Waals surface area (Å²) in [6.07, 6.45) is 0.403. The molecular weight excluding hydrogens is 750 g/mol. The molecule has 0 fully saturated rings. The average molecular weight is 818 g/mol. The predicted octanol–water partition coefficient (Wildman–Crippen LogP) is 3.59. The first kappa shape index (κ1) is 51.4. The van der Waals surface area contributed by atoms with Crippen molar-refractivity contribution in [3.05, 3.63) is 23.8 Å². The zero-order valence-electron chi connectivity index (χ0n) is 34.7. The lowest BCUT2D eigenvalue weighted by Crippen LogP contribution is -2.50. The number of carbonyl (C=O) groups excluding carboxylic acids is 4. The van der Waals surface area contributed by atoms with Gasteiger partial charge in [0.25, 0.3) is 0 Å². The molecule has 0 aliphatic carbocycles. The van der Waals surface area contributed by atoms with E-state index in [-0.39, 0.29) is 69.6 Å². The van der Waals surface area contributed by atoms with E-state index in [9.17, 15) is 19.2 Å². The summed E-state index contributed by atoms with van der Waals surface area (Å²) in [4.78, 5) is 61.8. The zero-order chi connectivity index (χ0) is 43.1. The highest BCUT2D eigenvalue weighted by Crippen LogP contribution is 2.33. The molecule has 1 aromatic carbocycles. The maximum Gasteiger partial charge on any atom is 0.306 e. The van der Waals surface area contributed by atoms with Crippen LogP contribution in [0.5, 0.6) is 11.5 Å². The second-order valence-electron chi connectivity index (χ2n) is 15.3. The van der Waals surface area contributed by atoms with E-state index in [4.69, 9.17) is 45.5 Å². The Bertz CT molecular complexity index is 1350. The maximum absolute atomic E-state index is 13.7. The van der Waals surface area contributed by atoms with E-state index in [2.05, 4.69) is 20.3 Å². The van der Waals surface area contributed by atoms with Crippen molar-refractivity contribution in [2.45, 2.75) is 105 Å². The molecule has 0 saturated heterocycles. The Balaban J connectivity index is 3.61. The molecular formula is C38H67N5O14. The number of hydrogen-bond acceptors (Lipinski definition) is 16. The molecule has 0 radical (unpaired) electrons. The SMILES string of the molecule is COCCCOc1cc(CC(CC(NC(=O)CCCON(O)O)C(CC(C(=O)NCC(C)(C)C(N)=O)C(C)C)OC(=O)CCCON(O)O)C(C)C)ccc1OC. The molecule has 4 unspecified atom stereocenters. The van der Waals surface area contributed by atoms with Crippen LogP contribution in [0.15, 0.2) is 18.2 Å². The first-order chi connectivity index (χ1) is 26.8. The minimum Gasteiger partial charge on any atom is -0.493 e. The molecule has 1 aromatic rings. The van der Waals surface area contributed by atoms with Crippen LogP contribution in [0.1, 0.15) is 92.1 Å². The molecule has 328 valence electrons. The van der Waals surface area contributed by atoms with Crippen molar-refractivity contribution in [2.75, 3.05) is 47.2 Å². The van der Waals surface area contributed by atoms with Crippen LogP contribution in [-0.4, -0.2) is 115 Å². The Morgan fingerprint density at radius 1 is 0.825 bits per heavy atom. The third-order valence-electron chi connectivity index (χ3n) is 9.54. The van der Waals surface area contributed by atoms with Gasteiger partial charge in [0.15, 0.2) is 11.5 Å². The number of rotatable bonds is 31. The highest BCUT2D eigenvalue weighted by molar-refractivity contribution is 5.83. The number of carbonyl (C=O) groups is 4. The molecule has 57 heavy (non-hydrogen) atoms. The third-order valence-corrected chi connectivity index (χ3v) is 9.54. The summed E-state index contributed by atoms with van der Waals surface area (Å²) >= 11 is 0. The molecule has 3 amide bonds. The number of nitrogens with one attached hydrogen (secondary N) is 2. The molecule has 8 N–H and O–H groups in total. The van der Waals surface area contributed by atoms with Crippen molar-refractivity contribution in [2.24, 2.45) is 34.8 Å². The van der Waals surface area contributed by atoms with Gasteiger partial charge in [-0.1, -0.05) is 33.8 Å². The fourth-order valence-electron chi connectivity index (χ4n) is 5.87. The molecule has 0 bridgehead atoms. The topological polar surface area (TPSA) is 261 Å². The predicted molar refractivity (Wildman–Crippen MR) is 204 cm³/mol. The van der Waals surface area contributed by atoms with Gasteiger partial charge in [-0.25, -0.2) is 0 Å². The van der Waals surface area contributed by atoms with Gasteiger partial charge >= 0.3 is 5.97 Å². The molecule has 4 atom stereocenters. The summed E-state index contributed by atoms with van der Waals surface area (Å²) in [5.41, 5.74) is 5.44. The smallest absolute Gasteiger partial charge is 0.306 e. The summed E-state index contributed by atoms with van der Waals surface area (Å²) in [7, 11) is 3.18. The zero-order valence-corrected chi connectivity index (χ0v) is 34.7. The van der Waals surface area contributed by atoms with E-state index < -0.39 is 57.9 Å². The van der Waals surface area contributed by atoms with Crippen LogP contribution in [0.25, 0.3) is 0 Å². The largest absolute Gasteiger partial charge is 0.493 e. The molecule has 0 aliphatic heterocycles. The third kappa shape index (κ3) is 21.1. The number of ether oxygens (including phenoxy) is 4. The number of esters is 1. The molecule has 0 heterocycles. The molecule has 19 nitrogen and oxygen atoms in total. The second kappa shape index (κ2) is 27.1. The first-order valence-corrected chi connectivity index (χ1v) is 19.3. The molecule has 0 spiro atoms. The Kier molecular flexibility index (Phi) is 24.4. The van der Waals surface area contributed by atoms with Gasteiger partial charge in [0, 0.05) is 45.4 Å². The standard InChI is InChI=1S/C38H67N5O14/c1-25(2)28(20-27-14-15-31(53-8)33(21-27)54-17-11-16-52-7)22-30(41-34(44)12-9-18-55-42(48)49)32(57-35(45)13-10-19-56-43(50)51)23-29(26(3)4)36(46)40-24-38(5,6)37(39)47/h14-15,21,25-26,28-30,32,48-51H,9-13,16-20,22-24H2,1-8H3,(H2,39,47)(H,40,46)(H,41,44). The lowest BCUT2D eigenvalue weighted by Gasteiger charge is -2.35. The van der Waals surface area contributed by atoms with Crippen molar-refractivity contribution in [1.29, 1.82) is 0 Å². The van der Waals surface area contributed by atoms with Crippen LogP contribution >= 0.6 is 0 Å². The maximum atomic E-state index is 13.7. The molecule has 1 rings (SSSR count). The van der Waals surface area contributed by atoms with E-state index in [1.54, 1.807) is 28.1 Å². The van der Waals surface area contributed by atoms with Gasteiger partial charge in [-0.2, -0.15) is 0 Å². The number of primary amides is 1. The van der Waals surface area contributed by atoms with E-state index >= 15 is 0 Å². The quantitative estimate of drug-likeness (QED) is 0.0321. The van der Waals surface area contributed by atoms with Crippen LogP contribution in [0.3, 0.4) is 0 Å². The first-order valence-electron chi connectivity index (χ1n) is 19.3. The van der Waals surface area contributed by atoms with Gasteiger partial charge in [0.1, 0.15) is 6.10 Å². The summed E-state index contributed by atoms with van der Waals surface area (Å²) < 4.78 is 22.8. The monoisotopic (exact) mass is 817 g/mol. The summed E-state index contributed by atoms with van der Waals surface area (Å²) in [5.74, 6) is -2.02. The highest BCUT2D eigenvalue weighted by atomic mass is 17.1. The van der Waals surface area contributed by atoms with Crippen molar-refractivity contribution < 1.29 is 68.6 Å². The normalized spacial score (nSPS) is 14.0. The molecule has 0 aromatic heterocycles. The van der Waals surface area contributed by atoms with Crippen LogP contribution in [0, 0.1) is 29.1 Å². The minimum atomic E-state index is -1.03. The van der Waals surface area contributed by atoms with Gasteiger partial charge in [0.05, 0.1) is 49.2 Å². The van der Waals surface area contributed by atoms with Gasteiger partial charge in [0.2, 0.25) is 17.7 Å². The van der Waals surface area contributed by atoms with E-state index in [1.807, 2.05) is 45.9 Å². The highest BCUT2D eigenvalue weighted by Gasteiger charge is 2.36. The van der Waals surface area contributed by atoms with Crippen LogP contribution < -0.4 is 25.8 Å². The van der Waals surface area contributed by atoms with Gasteiger partial charge in [-0.05, 0) is 81.4 Å². The number of methoxy groups -OCH3 is 2. The van der Waals surface area contributed by atoms with E-state index in [1.165, 1.54) is 0 Å². The van der Waals surface area contributed by atoms with Crippen LogP contribution in [0.4, 0.5) is 0 Å². The lowest BCUT2D eigenvalue weighted by atomic mass is 9.80. The summed E-state index contributed by atoms with van der Waals surface area (Å²) in [6.45, 7) is 11.5. The molecule has 0 saturated carbocycles. The fraction of sp³-hybridized carbons (Fsp3) is 0.737. The Morgan fingerprint density at radius 3 is 2.00 bits per heavy atom. The number of hydrogen-bond donors (Lipinski definition) is 7.